The van der Waals surface area contributed by atoms with Crippen molar-refractivity contribution in [1.82, 2.24) is 15.3 Å². The molecule has 0 radical (unpaired) electrons. The Morgan fingerprint density at radius 1 is 1.04 bits per heavy atom. The first-order valence-electron chi connectivity index (χ1n) is 9.07. The molecule has 0 unspecified atom stereocenters. The van der Waals surface area contributed by atoms with Crippen molar-refractivity contribution in [3.05, 3.63) is 90.0 Å². The first kappa shape index (κ1) is 18.6. The highest BCUT2D eigenvalue weighted by Gasteiger charge is 2.14. The van der Waals surface area contributed by atoms with Gasteiger partial charge in [-0.1, -0.05) is 36.4 Å². The minimum absolute atomic E-state index is 0.191. The SMILES string of the molecule is CC(C)N(Cc1ccccc1)c1ccnc(C(=O)NCc2cccnc2)c1. The molecule has 0 fully saturated rings. The molecule has 0 aliphatic heterocycles. The molecule has 0 aliphatic rings. The van der Waals surface area contributed by atoms with E-state index in [0.29, 0.717) is 18.3 Å². The quantitative estimate of drug-likeness (QED) is 0.696. The van der Waals surface area contributed by atoms with Crippen molar-refractivity contribution in [2.24, 2.45) is 0 Å². The number of carbonyl (C=O) groups excluding carboxylic acids is 1. The standard InChI is InChI=1S/C22H24N4O/c1-17(2)26(16-18-7-4-3-5-8-18)20-10-12-24-21(13-20)22(27)25-15-19-9-6-11-23-14-19/h3-14,17H,15-16H2,1-2H3,(H,25,27). The van der Waals surface area contributed by atoms with Crippen molar-refractivity contribution in [3.8, 4) is 0 Å². The van der Waals surface area contributed by atoms with E-state index in [0.717, 1.165) is 17.8 Å². The number of nitrogens with zero attached hydrogens (tertiary/aromatic N) is 3. The number of aromatic nitrogens is 2. The van der Waals surface area contributed by atoms with Crippen LogP contribution in [0.4, 0.5) is 5.69 Å². The predicted molar refractivity (Wildman–Crippen MR) is 107 cm³/mol. The number of hydrogen-bond acceptors (Lipinski definition) is 4. The van der Waals surface area contributed by atoms with Crippen molar-refractivity contribution in [2.45, 2.75) is 33.0 Å². The van der Waals surface area contributed by atoms with Gasteiger partial charge in [0.1, 0.15) is 5.69 Å². The van der Waals surface area contributed by atoms with Crippen LogP contribution in [0.3, 0.4) is 0 Å². The monoisotopic (exact) mass is 360 g/mol. The van der Waals surface area contributed by atoms with Crippen LogP contribution in [0.5, 0.6) is 0 Å². The van der Waals surface area contributed by atoms with E-state index in [-0.39, 0.29) is 5.91 Å². The van der Waals surface area contributed by atoms with Crippen molar-refractivity contribution < 1.29 is 4.79 Å². The third-order valence-corrected chi connectivity index (χ3v) is 4.30. The number of hydrogen-bond donors (Lipinski definition) is 1. The van der Waals surface area contributed by atoms with Crippen LogP contribution in [0.25, 0.3) is 0 Å². The molecular weight excluding hydrogens is 336 g/mol. The van der Waals surface area contributed by atoms with Crippen LogP contribution in [0.2, 0.25) is 0 Å². The Bertz CT molecular complexity index is 866. The smallest absolute Gasteiger partial charge is 0.270 e. The van der Waals surface area contributed by atoms with Gasteiger partial charge < -0.3 is 10.2 Å². The zero-order valence-electron chi connectivity index (χ0n) is 15.7. The first-order valence-corrected chi connectivity index (χ1v) is 9.07. The third-order valence-electron chi connectivity index (χ3n) is 4.30. The summed E-state index contributed by atoms with van der Waals surface area (Å²) in [6, 6.07) is 18.2. The molecule has 0 aliphatic carbocycles. The van der Waals surface area contributed by atoms with Gasteiger partial charge in [0.05, 0.1) is 0 Å². The maximum absolute atomic E-state index is 12.5. The Hall–Kier alpha value is -3.21. The molecule has 3 rings (SSSR count). The number of amides is 1. The fraction of sp³-hybridized carbons (Fsp3) is 0.227. The van der Waals surface area contributed by atoms with E-state index in [2.05, 4.69) is 46.2 Å². The zero-order chi connectivity index (χ0) is 19.1. The Labute approximate surface area is 160 Å². The lowest BCUT2D eigenvalue weighted by Crippen LogP contribution is -2.31. The lowest BCUT2D eigenvalue weighted by molar-refractivity contribution is 0.0946. The van der Waals surface area contributed by atoms with Crippen LogP contribution in [0, 0.1) is 0 Å². The maximum Gasteiger partial charge on any atom is 0.270 e. The van der Waals surface area contributed by atoms with E-state index in [1.54, 1.807) is 18.6 Å². The molecule has 2 heterocycles. The van der Waals surface area contributed by atoms with E-state index in [9.17, 15) is 4.79 Å². The molecule has 0 atom stereocenters. The van der Waals surface area contributed by atoms with Gasteiger partial charge in [-0.15, -0.1) is 0 Å². The highest BCUT2D eigenvalue weighted by atomic mass is 16.1. The van der Waals surface area contributed by atoms with Gasteiger partial charge in [-0.2, -0.15) is 0 Å². The molecule has 1 aromatic carbocycles. The van der Waals surface area contributed by atoms with E-state index >= 15 is 0 Å². The molecule has 2 aromatic heterocycles. The van der Waals surface area contributed by atoms with Gasteiger partial charge >= 0.3 is 0 Å². The summed E-state index contributed by atoms with van der Waals surface area (Å²) in [7, 11) is 0. The van der Waals surface area contributed by atoms with Crippen LogP contribution in [0.15, 0.2) is 73.2 Å². The molecule has 5 heteroatoms. The largest absolute Gasteiger partial charge is 0.365 e. The first-order chi connectivity index (χ1) is 13.1. The Balaban J connectivity index is 1.73. The molecule has 0 saturated heterocycles. The van der Waals surface area contributed by atoms with Crippen LogP contribution in [-0.4, -0.2) is 21.9 Å². The summed E-state index contributed by atoms with van der Waals surface area (Å²) in [5.41, 5.74) is 3.57. The number of nitrogens with one attached hydrogen (secondary N) is 1. The summed E-state index contributed by atoms with van der Waals surface area (Å²) >= 11 is 0. The molecule has 0 spiro atoms. The highest BCUT2D eigenvalue weighted by Crippen LogP contribution is 2.20. The Morgan fingerprint density at radius 3 is 2.52 bits per heavy atom. The highest BCUT2D eigenvalue weighted by molar-refractivity contribution is 5.93. The van der Waals surface area contributed by atoms with E-state index in [4.69, 9.17) is 0 Å². The van der Waals surface area contributed by atoms with Crippen molar-refractivity contribution in [3.63, 3.8) is 0 Å². The van der Waals surface area contributed by atoms with Gasteiger partial charge in [-0.05, 0) is 43.2 Å². The average Bonchev–Trinajstić information content (AvgIpc) is 2.71. The molecule has 1 N–H and O–H groups in total. The summed E-state index contributed by atoms with van der Waals surface area (Å²) < 4.78 is 0. The molecule has 5 nitrogen and oxygen atoms in total. The van der Waals surface area contributed by atoms with Crippen LogP contribution in [0.1, 0.15) is 35.5 Å². The average molecular weight is 360 g/mol. The summed E-state index contributed by atoms with van der Waals surface area (Å²) in [6.07, 6.45) is 5.14. The van der Waals surface area contributed by atoms with Crippen LogP contribution in [-0.2, 0) is 13.1 Å². The molecule has 1 amide bonds. The fourth-order valence-corrected chi connectivity index (χ4v) is 2.85. The van der Waals surface area contributed by atoms with Gasteiger partial charge in [0.25, 0.3) is 5.91 Å². The van der Waals surface area contributed by atoms with Gasteiger partial charge in [0.15, 0.2) is 0 Å². The van der Waals surface area contributed by atoms with Gasteiger partial charge in [-0.3, -0.25) is 14.8 Å². The topological polar surface area (TPSA) is 58.1 Å². The summed E-state index contributed by atoms with van der Waals surface area (Å²) in [5.74, 6) is -0.191. The van der Waals surface area contributed by atoms with Crippen molar-refractivity contribution in [1.29, 1.82) is 0 Å². The predicted octanol–water partition coefficient (Wildman–Crippen LogP) is 3.82. The molecule has 27 heavy (non-hydrogen) atoms. The lowest BCUT2D eigenvalue weighted by Gasteiger charge is -2.29. The van der Waals surface area contributed by atoms with Gasteiger partial charge in [0, 0.05) is 43.4 Å². The Morgan fingerprint density at radius 2 is 1.81 bits per heavy atom. The van der Waals surface area contributed by atoms with Gasteiger partial charge in [-0.25, -0.2) is 0 Å². The van der Waals surface area contributed by atoms with E-state index < -0.39 is 0 Å². The zero-order valence-corrected chi connectivity index (χ0v) is 15.7. The minimum atomic E-state index is -0.191. The summed E-state index contributed by atoms with van der Waals surface area (Å²) in [5, 5.41) is 2.90. The van der Waals surface area contributed by atoms with Crippen molar-refractivity contribution >= 4 is 11.6 Å². The molecule has 0 bridgehead atoms. The van der Waals surface area contributed by atoms with Gasteiger partial charge in [0.2, 0.25) is 0 Å². The normalized spacial score (nSPS) is 10.6. The number of pyridine rings is 2. The van der Waals surface area contributed by atoms with E-state index in [1.165, 1.54) is 5.56 Å². The molecule has 138 valence electrons. The second-order valence-corrected chi connectivity index (χ2v) is 6.65. The fourth-order valence-electron chi connectivity index (χ4n) is 2.85. The molecular formula is C22H24N4O. The van der Waals surface area contributed by atoms with E-state index in [1.807, 2.05) is 42.5 Å². The van der Waals surface area contributed by atoms with Crippen LogP contribution < -0.4 is 10.2 Å². The summed E-state index contributed by atoms with van der Waals surface area (Å²) in [4.78, 5) is 23.1. The number of benzene rings is 1. The number of carbonyl (C=O) groups is 1. The number of rotatable bonds is 7. The Kier molecular flexibility index (Phi) is 6.15. The van der Waals surface area contributed by atoms with Crippen LogP contribution >= 0.6 is 0 Å². The summed E-state index contributed by atoms with van der Waals surface area (Å²) in [6.45, 7) is 5.49. The van der Waals surface area contributed by atoms with Crippen molar-refractivity contribution in [2.75, 3.05) is 4.90 Å². The molecule has 0 saturated carbocycles. The third kappa shape index (κ3) is 5.14. The minimum Gasteiger partial charge on any atom is -0.365 e. The lowest BCUT2D eigenvalue weighted by atomic mass is 10.1. The second kappa shape index (κ2) is 8.94. The molecule has 3 aromatic rings. The second-order valence-electron chi connectivity index (χ2n) is 6.65. The maximum atomic E-state index is 12.5. The number of anilines is 1.